The van der Waals surface area contributed by atoms with Gasteiger partial charge in [-0.1, -0.05) is 50.3 Å². The predicted octanol–water partition coefficient (Wildman–Crippen LogP) is 5.06. The maximum absolute atomic E-state index is 11.0. The third-order valence-electron chi connectivity index (χ3n) is 5.67. The smallest absolute Gasteiger partial charge is 0.122 e. The van der Waals surface area contributed by atoms with Crippen molar-refractivity contribution in [1.82, 2.24) is 10.3 Å². The quantitative estimate of drug-likeness (QED) is 0.562. The average molecular weight is 399 g/mol. The van der Waals surface area contributed by atoms with Crippen molar-refractivity contribution in [2.75, 3.05) is 0 Å². The molecule has 4 heteroatoms. The minimum absolute atomic E-state index is 0.188. The van der Waals surface area contributed by atoms with Crippen LogP contribution in [0.2, 0.25) is 0 Å². The lowest BCUT2D eigenvalue weighted by atomic mass is 9.78. The SMILES string of the molecule is CCc1ccc(C2(c3ccc(CC)cc3O)C=CC=C(c3ccccn3)N2)c(O)c1. The molecule has 0 saturated heterocycles. The number of benzene rings is 2. The van der Waals surface area contributed by atoms with Crippen molar-refractivity contribution in [3.05, 3.63) is 107 Å². The van der Waals surface area contributed by atoms with Crippen molar-refractivity contribution >= 4 is 5.70 Å². The number of phenols is 2. The first-order valence-electron chi connectivity index (χ1n) is 10.3. The van der Waals surface area contributed by atoms with Crippen molar-refractivity contribution in [3.63, 3.8) is 0 Å². The first-order chi connectivity index (χ1) is 14.6. The highest BCUT2D eigenvalue weighted by Gasteiger charge is 2.38. The molecule has 1 aliphatic rings. The standard InChI is InChI=1S/C26H26N2O2/c1-3-18-10-12-20(24(29)16-18)26(21-13-11-19(4-2)17-25(21)30)14-7-9-23(28-26)22-8-5-6-15-27-22/h5-17,28-30H,3-4H2,1-2H3. The van der Waals surface area contributed by atoms with E-state index in [9.17, 15) is 10.2 Å². The summed E-state index contributed by atoms with van der Waals surface area (Å²) >= 11 is 0. The molecule has 4 nitrogen and oxygen atoms in total. The number of aryl methyl sites for hydroxylation is 2. The second-order valence-corrected chi connectivity index (χ2v) is 7.50. The van der Waals surface area contributed by atoms with E-state index >= 15 is 0 Å². The third-order valence-corrected chi connectivity index (χ3v) is 5.67. The molecule has 3 aromatic rings. The van der Waals surface area contributed by atoms with Crippen LogP contribution >= 0.6 is 0 Å². The molecule has 1 aromatic heterocycles. The molecule has 1 aliphatic heterocycles. The van der Waals surface area contributed by atoms with Gasteiger partial charge in [-0.05, 0) is 60.4 Å². The zero-order chi connectivity index (χ0) is 21.1. The Kier molecular flexibility index (Phi) is 5.32. The summed E-state index contributed by atoms with van der Waals surface area (Å²) in [6, 6.07) is 17.2. The summed E-state index contributed by atoms with van der Waals surface area (Å²) in [5.41, 5.74) is 4.13. The third kappa shape index (κ3) is 3.45. The molecule has 0 unspecified atom stereocenters. The zero-order valence-corrected chi connectivity index (χ0v) is 17.3. The van der Waals surface area contributed by atoms with E-state index in [0.29, 0.717) is 11.1 Å². The Bertz CT molecular complexity index is 1060. The van der Waals surface area contributed by atoms with E-state index in [1.807, 2.05) is 60.7 Å². The van der Waals surface area contributed by atoms with E-state index in [-0.39, 0.29) is 11.5 Å². The number of dihydropyridines is 1. The number of phenolic OH excluding ortho intramolecular Hbond substituents is 2. The molecule has 0 fully saturated rings. The molecular formula is C26H26N2O2. The van der Waals surface area contributed by atoms with E-state index < -0.39 is 5.54 Å². The van der Waals surface area contributed by atoms with E-state index in [1.54, 1.807) is 18.3 Å². The van der Waals surface area contributed by atoms with Crippen molar-refractivity contribution < 1.29 is 10.2 Å². The van der Waals surface area contributed by atoms with Crippen molar-refractivity contribution in [2.24, 2.45) is 0 Å². The highest BCUT2D eigenvalue weighted by Crippen LogP contribution is 2.43. The molecule has 0 amide bonds. The van der Waals surface area contributed by atoms with Gasteiger partial charge in [0.2, 0.25) is 0 Å². The monoisotopic (exact) mass is 398 g/mol. The summed E-state index contributed by atoms with van der Waals surface area (Å²) in [7, 11) is 0. The van der Waals surface area contributed by atoms with Crippen molar-refractivity contribution in [3.8, 4) is 11.5 Å². The van der Waals surface area contributed by atoms with Crippen LogP contribution in [-0.4, -0.2) is 15.2 Å². The minimum atomic E-state index is -0.936. The Morgan fingerprint density at radius 3 is 2.00 bits per heavy atom. The highest BCUT2D eigenvalue weighted by atomic mass is 16.3. The lowest BCUT2D eigenvalue weighted by Gasteiger charge is -2.37. The molecule has 30 heavy (non-hydrogen) atoms. The normalized spacial score (nSPS) is 14.8. The molecule has 4 rings (SSSR count). The molecule has 0 bridgehead atoms. The van der Waals surface area contributed by atoms with Crippen LogP contribution in [0.25, 0.3) is 5.70 Å². The maximum atomic E-state index is 11.0. The number of nitrogens with zero attached hydrogens (tertiary/aromatic N) is 1. The Balaban J connectivity index is 1.91. The van der Waals surface area contributed by atoms with Crippen LogP contribution in [-0.2, 0) is 18.4 Å². The highest BCUT2D eigenvalue weighted by molar-refractivity contribution is 5.70. The Hall–Kier alpha value is -3.53. The summed E-state index contributed by atoms with van der Waals surface area (Å²) in [6.45, 7) is 4.11. The van der Waals surface area contributed by atoms with Gasteiger partial charge >= 0.3 is 0 Å². The van der Waals surface area contributed by atoms with Crippen LogP contribution < -0.4 is 5.32 Å². The second-order valence-electron chi connectivity index (χ2n) is 7.50. The fraction of sp³-hybridized carbons (Fsp3) is 0.192. The molecule has 0 aliphatic carbocycles. The summed E-state index contributed by atoms with van der Waals surface area (Å²) in [4.78, 5) is 4.47. The lowest BCUT2D eigenvalue weighted by Crippen LogP contribution is -2.42. The maximum Gasteiger partial charge on any atom is 0.122 e. The summed E-state index contributed by atoms with van der Waals surface area (Å²) in [5, 5.41) is 25.5. The van der Waals surface area contributed by atoms with Crippen molar-refractivity contribution in [1.29, 1.82) is 0 Å². The van der Waals surface area contributed by atoms with Gasteiger partial charge < -0.3 is 15.5 Å². The number of pyridine rings is 1. The van der Waals surface area contributed by atoms with Gasteiger partial charge in [-0.25, -0.2) is 0 Å². The summed E-state index contributed by atoms with van der Waals surface area (Å²) < 4.78 is 0. The van der Waals surface area contributed by atoms with E-state index in [1.165, 1.54) is 0 Å². The molecule has 0 saturated carbocycles. The lowest BCUT2D eigenvalue weighted by molar-refractivity contribution is 0.427. The molecule has 0 radical (unpaired) electrons. The first-order valence-corrected chi connectivity index (χ1v) is 10.3. The van der Waals surface area contributed by atoms with Crippen LogP contribution in [0.5, 0.6) is 11.5 Å². The van der Waals surface area contributed by atoms with E-state index in [2.05, 4.69) is 24.1 Å². The number of rotatable bonds is 5. The number of allylic oxidation sites excluding steroid dienone is 2. The molecular weight excluding hydrogens is 372 g/mol. The van der Waals surface area contributed by atoms with Gasteiger partial charge in [0.05, 0.1) is 11.4 Å². The Labute approximate surface area is 177 Å². The fourth-order valence-corrected chi connectivity index (χ4v) is 3.98. The molecule has 152 valence electrons. The molecule has 0 spiro atoms. The largest absolute Gasteiger partial charge is 0.508 e. The topological polar surface area (TPSA) is 65.4 Å². The molecule has 3 N–H and O–H groups in total. The van der Waals surface area contributed by atoms with Gasteiger partial charge in [-0.3, -0.25) is 4.98 Å². The predicted molar refractivity (Wildman–Crippen MR) is 120 cm³/mol. The van der Waals surface area contributed by atoms with Crippen LogP contribution in [0.15, 0.2) is 79.0 Å². The van der Waals surface area contributed by atoms with E-state index in [0.717, 1.165) is 35.4 Å². The molecule has 2 heterocycles. The van der Waals surface area contributed by atoms with Crippen LogP contribution in [0.3, 0.4) is 0 Å². The minimum Gasteiger partial charge on any atom is -0.508 e. The van der Waals surface area contributed by atoms with Gasteiger partial charge in [0, 0.05) is 17.3 Å². The number of hydrogen-bond donors (Lipinski definition) is 3. The summed E-state index contributed by atoms with van der Waals surface area (Å²) in [5.74, 6) is 0.375. The van der Waals surface area contributed by atoms with Crippen molar-refractivity contribution in [2.45, 2.75) is 32.2 Å². The Morgan fingerprint density at radius 1 is 0.867 bits per heavy atom. The zero-order valence-electron chi connectivity index (χ0n) is 17.3. The van der Waals surface area contributed by atoms with Gasteiger partial charge in [0.25, 0.3) is 0 Å². The number of aromatic hydroxyl groups is 2. The van der Waals surface area contributed by atoms with Crippen LogP contribution in [0, 0.1) is 0 Å². The first kappa shape index (κ1) is 19.8. The van der Waals surface area contributed by atoms with Crippen LogP contribution in [0.4, 0.5) is 0 Å². The average Bonchev–Trinajstić information content (AvgIpc) is 2.79. The summed E-state index contributed by atoms with van der Waals surface area (Å²) in [6.07, 6.45) is 9.29. The van der Waals surface area contributed by atoms with Gasteiger partial charge in [-0.2, -0.15) is 0 Å². The Morgan fingerprint density at radius 2 is 1.50 bits per heavy atom. The van der Waals surface area contributed by atoms with Crippen LogP contribution in [0.1, 0.15) is 41.8 Å². The van der Waals surface area contributed by atoms with Gasteiger partial charge in [0.15, 0.2) is 0 Å². The molecule has 2 aromatic carbocycles. The number of hydrogen-bond acceptors (Lipinski definition) is 4. The van der Waals surface area contributed by atoms with E-state index in [4.69, 9.17) is 0 Å². The van der Waals surface area contributed by atoms with Gasteiger partial charge in [-0.15, -0.1) is 0 Å². The number of nitrogens with one attached hydrogen (secondary N) is 1. The second kappa shape index (κ2) is 8.07. The van der Waals surface area contributed by atoms with Gasteiger partial charge in [0.1, 0.15) is 17.0 Å². The molecule has 0 atom stereocenters. The number of aromatic nitrogens is 1. The fourth-order valence-electron chi connectivity index (χ4n) is 3.98.